The minimum absolute atomic E-state index is 0.140. The summed E-state index contributed by atoms with van der Waals surface area (Å²) in [6.45, 7) is 0.184. The molecule has 0 aliphatic rings. The van der Waals surface area contributed by atoms with Crippen LogP contribution < -0.4 is 10.6 Å². The number of aromatic amines is 1. The van der Waals surface area contributed by atoms with E-state index in [1.807, 2.05) is 0 Å². The number of H-pyrrole nitrogens is 1. The molecule has 0 spiro atoms. The van der Waals surface area contributed by atoms with Gasteiger partial charge in [-0.1, -0.05) is 41.0 Å². The van der Waals surface area contributed by atoms with Gasteiger partial charge in [0.2, 0.25) is 11.1 Å². The number of rotatable bonds is 7. The lowest BCUT2D eigenvalue weighted by molar-refractivity contribution is -0.113. The van der Waals surface area contributed by atoms with Crippen LogP contribution in [0.1, 0.15) is 16.2 Å². The molecular formula is C18H15Cl2N5O2S. The molecule has 7 nitrogen and oxygen atoms in total. The molecule has 3 rings (SSSR count). The fourth-order valence-corrected chi connectivity index (χ4v) is 3.12. The number of carbonyl (C=O) groups excluding carboxylic acids is 2. The number of carbonyl (C=O) groups is 2. The van der Waals surface area contributed by atoms with Crippen molar-refractivity contribution < 1.29 is 9.59 Å². The van der Waals surface area contributed by atoms with Crippen molar-refractivity contribution in [3.63, 3.8) is 0 Å². The summed E-state index contributed by atoms with van der Waals surface area (Å²) in [6.07, 6.45) is 0. The van der Waals surface area contributed by atoms with Gasteiger partial charge in [0.25, 0.3) is 5.91 Å². The highest BCUT2D eigenvalue weighted by atomic mass is 35.5. The number of hydrogen-bond donors (Lipinski definition) is 3. The van der Waals surface area contributed by atoms with E-state index in [0.717, 1.165) is 0 Å². The van der Waals surface area contributed by atoms with Crippen LogP contribution in [0.25, 0.3) is 0 Å². The van der Waals surface area contributed by atoms with E-state index in [2.05, 4.69) is 25.8 Å². The van der Waals surface area contributed by atoms with Crippen LogP contribution in [0.3, 0.4) is 0 Å². The summed E-state index contributed by atoms with van der Waals surface area (Å²) in [5, 5.41) is 13.8. The molecule has 10 heteroatoms. The van der Waals surface area contributed by atoms with Gasteiger partial charge in [-0.05, 0) is 42.5 Å². The lowest BCUT2D eigenvalue weighted by Crippen LogP contribution is -2.23. The molecular weight excluding hydrogens is 421 g/mol. The molecule has 28 heavy (non-hydrogen) atoms. The Labute approximate surface area is 175 Å². The van der Waals surface area contributed by atoms with E-state index >= 15 is 0 Å². The summed E-state index contributed by atoms with van der Waals surface area (Å²) in [7, 11) is 0. The van der Waals surface area contributed by atoms with Gasteiger partial charge < -0.3 is 10.6 Å². The van der Waals surface area contributed by atoms with Crippen molar-refractivity contribution in [3.05, 3.63) is 70.0 Å². The summed E-state index contributed by atoms with van der Waals surface area (Å²) in [4.78, 5) is 28.3. The zero-order valence-electron chi connectivity index (χ0n) is 14.4. The van der Waals surface area contributed by atoms with Gasteiger partial charge in [0, 0.05) is 21.3 Å². The minimum atomic E-state index is -0.247. The predicted octanol–water partition coefficient (Wildman–Crippen LogP) is 3.77. The van der Waals surface area contributed by atoms with Crippen LogP contribution in [0.2, 0.25) is 10.0 Å². The Morgan fingerprint density at radius 2 is 1.86 bits per heavy atom. The van der Waals surface area contributed by atoms with Crippen molar-refractivity contribution in [2.75, 3.05) is 11.1 Å². The van der Waals surface area contributed by atoms with Crippen molar-refractivity contribution in [3.8, 4) is 0 Å². The van der Waals surface area contributed by atoms with Crippen molar-refractivity contribution in [2.24, 2.45) is 0 Å². The molecule has 2 aromatic carbocycles. The molecule has 0 saturated heterocycles. The van der Waals surface area contributed by atoms with Crippen molar-refractivity contribution in [2.45, 2.75) is 11.7 Å². The largest absolute Gasteiger partial charge is 0.345 e. The highest BCUT2D eigenvalue weighted by Crippen LogP contribution is 2.17. The number of anilines is 1. The Morgan fingerprint density at radius 3 is 2.61 bits per heavy atom. The van der Waals surface area contributed by atoms with Crippen LogP contribution in [-0.4, -0.2) is 32.7 Å². The van der Waals surface area contributed by atoms with Crippen molar-refractivity contribution in [1.29, 1.82) is 0 Å². The molecule has 2 amide bonds. The molecule has 0 aliphatic carbocycles. The molecule has 1 aromatic heterocycles. The molecule has 0 aliphatic heterocycles. The Balaban J connectivity index is 1.45. The summed E-state index contributed by atoms with van der Waals surface area (Å²) >= 11 is 12.9. The summed E-state index contributed by atoms with van der Waals surface area (Å²) in [5.74, 6) is 0.180. The van der Waals surface area contributed by atoms with Gasteiger partial charge in [-0.3, -0.25) is 14.7 Å². The standard InChI is InChI=1S/C18H15Cl2N5O2S/c19-12-6-4-11(5-7-12)17(27)21-9-15-23-18(25-24-15)28-10-16(26)22-14-3-1-2-13(20)8-14/h1-8H,9-10H2,(H,21,27)(H,22,26)(H,23,24,25). The van der Waals surface area contributed by atoms with Crippen molar-refractivity contribution in [1.82, 2.24) is 20.5 Å². The van der Waals surface area contributed by atoms with E-state index in [1.165, 1.54) is 11.8 Å². The highest BCUT2D eigenvalue weighted by Gasteiger charge is 2.10. The first-order valence-electron chi connectivity index (χ1n) is 8.13. The third-order valence-electron chi connectivity index (χ3n) is 3.47. The molecule has 0 atom stereocenters. The summed E-state index contributed by atoms with van der Waals surface area (Å²) in [5.41, 5.74) is 1.12. The van der Waals surface area contributed by atoms with Crippen LogP contribution in [0.15, 0.2) is 53.7 Å². The van der Waals surface area contributed by atoms with Gasteiger partial charge in [-0.2, -0.15) is 0 Å². The fourth-order valence-electron chi connectivity index (χ4n) is 2.18. The molecule has 144 valence electrons. The zero-order valence-corrected chi connectivity index (χ0v) is 16.7. The van der Waals surface area contributed by atoms with E-state index < -0.39 is 0 Å². The minimum Gasteiger partial charge on any atom is -0.345 e. The Morgan fingerprint density at radius 1 is 1.07 bits per heavy atom. The number of halogens is 2. The fraction of sp³-hybridized carbons (Fsp3) is 0.111. The number of hydrogen-bond acceptors (Lipinski definition) is 5. The average Bonchev–Trinajstić information content (AvgIpc) is 3.13. The van der Waals surface area contributed by atoms with E-state index in [4.69, 9.17) is 23.2 Å². The quantitative estimate of drug-likeness (QED) is 0.490. The lowest BCUT2D eigenvalue weighted by atomic mass is 10.2. The van der Waals surface area contributed by atoms with Gasteiger partial charge in [0.1, 0.15) is 5.82 Å². The second kappa shape index (κ2) is 9.59. The van der Waals surface area contributed by atoms with Crippen LogP contribution in [0, 0.1) is 0 Å². The maximum absolute atomic E-state index is 12.1. The maximum Gasteiger partial charge on any atom is 0.251 e. The first-order chi connectivity index (χ1) is 13.5. The molecule has 0 radical (unpaired) electrons. The normalized spacial score (nSPS) is 10.5. The number of benzene rings is 2. The molecule has 1 heterocycles. The van der Waals surface area contributed by atoms with Crippen LogP contribution in [0.5, 0.6) is 0 Å². The SMILES string of the molecule is O=C(CSc1n[nH]c(CNC(=O)c2ccc(Cl)cc2)n1)Nc1cccc(Cl)c1. The predicted molar refractivity (Wildman–Crippen MR) is 110 cm³/mol. The van der Waals surface area contributed by atoms with Gasteiger partial charge >= 0.3 is 0 Å². The molecule has 3 N–H and O–H groups in total. The number of nitrogens with one attached hydrogen (secondary N) is 3. The maximum atomic E-state index is 12.1. The Bertz CT molecular complexity index is 978. The van der Waals surface area contributed by atoms with Gasteiger partial charge in [0.15, 0.2) is 0 Å². The first kappa shape index (κ1) is 20.2. The van der Waals surface area contributed by atoms with E-state index in [9.17, 15) is 9.59 Å². The topological polar surface area (TPSA) is 99.8 Å². The number of amides is 2. The van der Waals surface area contributed by atoms with Gasteiger partial charge in [-0.25, -0.2) is 4.98 Å². The third-order valence-corrected chi connectivity index (χ3v) is 4.81. The second-order valence-corrected chi connectivity index (χ2v) is 7.42. The molecule has 0 unspecified atom stereocenters. The lowest BCUT2D eigenvalue weighted by Gasteiger charge is -2.04. The van der Waals surface area contributed by atoms with Crippen LogP contribution >= 0.6 is 35.0 Å². The Hall–Kier alpha value is -2.55. The zero-order chi connectivity index (χ0) is 19.9. The Kier molecular flexibility index (Phi) is 6.91. The van der Waals surface area contributed by atoms with E-state index in [-0.39, 0.29) is 24.1 Å². The summed E-state index contributed by atoms with van der Waals surface area (Å²) < 4.78 is 0. The van der Waals surface area contributed by atoms with Crippen LogP contribution in [-0.2, 0) is 11.3 Å². The molecule has 3 aromatic rings. The summed E-state index contributed by atoms with van der Waals surface area (Å²) in [6, 6.07) is 13.5. The van der Waals surface area contributed by atoms with Crippen molar-refractivity contribution >= 4 is 52.5 Å². The van der Waals surface area contributed by atoms with E-state index in [1.54, 1.807) is 48.5 Å². The molecule has 0 saturated carbocycles. The van der Waals surface area contributed by atoms with Crippen LogP contribution in [0.4, 0.5) is 5.69 Å². The number of thioether (sulfide) groups is 1. The van der Waals surface area contributed by atoms with Gasteiger partial charge in [0.05, 0.1) is 12.3 Å². The third kappa shape index (κ3) is 5.98. The monoisotopic (exact) mass is 435 g/mol. The average molecular weight is 436 g/mol. The highest BCUT2D eigenvalue weighted by molar-refractivity contribution is 7.99. The number of nitrogens with zero attached hydrogens (tertiary/aromatic N) is 2. The molecule has 0 bridgehead atoms. The second-order valence-electron chi connectivity index (χ2n) is 5.60. The smallest absolute Gasteiger partial charge is 0.251 e. The molecule has 0 fully saturated rings. The number of aromatic nitrogens is 3. The first-order valence-corrected chi connectivity index (χ1v) is 9.87. The van der Waals surface area contributed by atoms with E-state index in [0.29, 0.717) is 32.3 Å². The van der Waals surface area contributed by atoms with Gasteiger partial charge in [-0.15, -0.1) is 5.10 Å².